The predicted octanol–water partition coefficient (Wildman–Crippen LogP) is 0.902. The van der Waals surface area contributed by atoms with Crippen LogP contribution in [0.5, 0.6) is 0 Å². The van der Waals surface area contributed by atoms with E-state index in [9.17, 15) is 14.4 Å². The maximum absolute atomic E-state index is 12.2. The van der Waals surface area contributed by atoms with Gasteiger partial charge in [-0.2, -0.15) is 9.36 Å². The van der Waals surface area contributed by atoms with Crippen molar-refractivity contribution in [2.75, 3.05) is 18.9 Å². The van der Waals surface area contributed by atoms with Gasteiger partial charge < -0.3 is 14.9 Å². The molecule has 11 nitrogen and oxygen atoms in total. The molecular weight excluding hydrogens is 439 g/mol. The van der Waals surface area contributed by atoms with Crippen LogP contribution < -0.4 is 22.7 Å². The van der Waals surface area contributed by atoms with E-state index in [1.807, 2.05) is 4.98 Å². The molecule has 0 atom stereocenters. The fraction of sp³-hybridized carbons (Fsp3) is 0.353. The molecule has 0 spiro atoms. The van der Waals surface area contributed by atoms with E-state index in [1.165, 1.54) is 16.8 Å². The number of ether oxygens (including phenoxy) is 1. The largest absolute Gasteiger partial charge is 0.437 e. The second kappa shape index (κ2) is 8.09. The van der Waals surface area contributed by atoms with Crippen molar-refractivity contribution in [2.45, 2.75) is 25.3 Å². The molecular formula is C17H16Cl2N6O5. The molecule has 0 radical (unpaired) electrons. The van der Waals surface area contributed by atoms with Gasteiger partial charge in [-0.15, -0.1) is 10.2 Å². The zero-order valence-corrected chi connectivity index (χ0v) is 16.9. The number of aromatic amines is 1. The van der Waals surface area contributed by atoms with Crippen LogP contribution in [0.2, 0.25) is 10.0 Å². The summed E-state index contributed by atoms with van der Waals surface area (Å²) in [5.74, 6) is -0.779. The van der Waals surface area contributed by atoms with Crippen LogP contribution in [-0.2, 0) is 11.2 Å². The van der Waals surface area contributed by atoms with Crippen molar-refractivity contribution in [1.29, 1.82) is 0 Å². The van der Waals surface area contributed by atoms with E-state index in [0.29, 0.717) is 31.6 Å². The Morgan fingerprint density at radius 3 is 2.47 bits per heavy atom. The zero-order chi connectivity index (χ0) is 21.4. The number of benzene rings is 1. The molecule has 0 amide bonds. The first-order valence-electron chi connectivity index (χ1n) is 8.97. The summed E-state index contributed by atoms with van der Waals surface area (Å²) in [5, 5.41) is 8.40. The molecule has 1 aliphatic rings. The molecule has 2 aromatic heterocycles. The van der Waals surface area contributed by atoms with E-state index >= 15 is 0 Å². The number of halogens is 2. The Hall–Kier alpha value is -2.89. The van der Waals surface area contributed by atoms with Gasteiger partial charge in [0.25, 0.3) is 5.56 Å². The number of rotatable bonds is 4. The van der Waals surface area contributed by atoms with E-state index in [2.05, 4.69) is 10.2 Å². The standard InChI is InChI=1S/C17H16Cl2N6O5/c18-11-5-9(24-16(27)21-15(26)14(20)23-24)6-12(19)10(11)7-13-22-25(17(28)30-13)8-1-3-29-4-2-8/h5-6,8H,1-4,7H2,(H2,20,23)(H,21,26,27). The molecule has 0 unspecified atom stereocenters. The lowest BCUT2D eigenvalue weighted by molar-refractivity contribution is 0.0644. The van der Waals surface area contributed by atoms with E-state index in [1.54, 1.807) is 0 Å². The number of anilines is 1. The van der Waals surface area contributed by atoms with Gasteiger partial charge in [-0.25, -0.2) is 9.59 Å². The lowest BCUT2D eigenvalue weighted by Gasteiger charge is -2.20. The van der Waals surface area contributed by atoms with Crippen LogP contribution in [0, 0.1) is 0 Å². The van der Waals surface area contributed by atoms with E-state index in [4.69, 9.17) is 38.1 Å². The van der Waals surface area contributed by atoms with E-state index in [-0.39, 0.29) is 39.9 Å². The molecule has 13 heteroatoms. The highest BCUT2D eigenvalue weighted by Crippen LogP contribution is 2.29. The van der Waals surface area contributed by atoms with Gasteiger partial charge in [0, 0.05) is 23.3 Å². The summed E-state index contributed by atoms with van der Waals surface area (Å²) in [7, 11) is 0. The fourth-order valence-electron chi connectivity index (χ4n) is 3.18. The summed E-state index contributed by atoms with van der Waals surface area (Å²) in [4.78, 5) is 37.6. The summed E-state index contributed by atoms with van der Waals surface area (Å²) in [5.41, 5.74) is 4.54. The lowest BCUT2D eigenvalue weighted by Crippen LogP contribution is -2.33. The third kappa shape index (κ3) is 3.91. The smallest absolute Gasteiger partial charge is 0.392 e. The highest BCUT2D eigenvalue weighted by Gasteiger charge is 2.22. The van der Waals surface area contributed by atoms with Crippen molar-refractivity contribution < 1.29 is 9.15 Å². The maximum atomic E-state index is 12.2. The average molecular weight is 455 g/mol. The Labute approximate surface area is 178 Å². The first-order chi connectivity index (χ1) is 14.3. The van der Waals surface area contributed by atoms with Crippen molar-refractivity contribution in [1.82, 2.24) is 24.5 Å². The molecule has 3 N–H and O–H groups in total. The minimum atomic E-state index is -0.796. The lowest BCUT2D eigenvalue weighted by atomic mass is 10.1. The average Bonchev–Trinajstić information content (AvgIpc) is 3.08. The number of hydrogen-bond donors (Lipinski definition) is 2. The SMILES string of the molecule is Nc1nn(-c2cc(Cl)c(Cc3nn(C4CCOCC4)c(=O)o3)c(Cl)c2)c(=O)[nH]c1=O. The molecule has 1 fully saturated rings. The normalized spacial score (nSPS) is 14.9. The van der Waals surface area contributed by atoms with Crippen molar-refractivity contribution in [3.05, 3.63) is 65.0 Å². The molecule has 1 aliphatic heterocycles. The Morgan fingerprint density at radius 1 is 1.13 bits per heavy atom. The Balaban J connectivity index is 1.65. The van der Waals surface area contributed by atoms with E-state index < -0.39 is 17.0 Å². The van der Waals surface area contributed by atoms with Gasteiger partial charge in [0.2, 0.25) is 11.7 Å². The molecule has 0 bridgehead atoms. The molecule has 1 saturated heterocycles. The second-order valence-corrected chi connectivity index (χ2v) is 7.49. The number of H-pyrrole nitrogens is 1. The molecule has 30 heavy (non-hydrogen) atoms. The molecule has 1 aromatic carbocycles. The third-order valence-electron chi connectivity index (χ3n) is 4.70. The van der Waals surface area contributed by atoms with Crippen LogP contribution in [0.4, 0.5) is 5.82 Å². The summed E-state index contributed by atoms with van der Waals surface area (Å²) >= 11 is 12.7. The second-order valence-electron chi connectivity index (χ2n) is 6.67. The third-order valence-corrected chi connectivity index (χ3v) is 5.37. The molecule has 4 rings (SSSR count). The minimum Gasteiger partial charge on any atom is -0.392 e. The Morgan fingerprint density at radius 2 is 1.80 bits per heavy atom. The quantitative estimate of drug-likeness (QED) is 0.589. The van der Waals surface area contributed by atoms with Crippen LogP contribution in [0.1, 0.15) is 30.3 Å². The monoisotopic (exact) mass is 454 g/mol. The first kappa shape index (κ1) is 20.4. The van der Waals surface area contributed by atoms with Gasteiger partial charge in [-0.05, 0) is 30.5 Å². The fourth-order valence-corrected chi connectivity index (χ4v) is 3.79. The van der Waals surface area contributed by atoms with Gasteiger partial charge in [0.15, 0.2) is 0 Å². The van der Waals surface area contributed by atoms with Crippen molar-refractivity contribution in [3.8, 4) is 5.69 Å². The maximum Gasteiger partial charge on any atom is 0.437 e. The highest BCUT2D eigenvalue weighted by molar-refractivity contribution is 6.36. The van der Waals surface area contributed by atoms with E-state index in [0.717, 1.165) is 4.68 Å². The highest BCUT2D eigenvalue weighted by atomic mass is 35.5. The van der Waals surface area contributed by atoms with Crippen LogP contribution in [0.25, 0.3) is 5.69 Å². The predicted molar refractivity (Wildman–Crippen MR) is 108 cm³/mol. The van der Waals surface area contributed by atoms with Gasteiger partial charge in [-0.1, -0.05) is 23.2 Å². The van der Waals surface area contributed by atoms with Gasteiger partial charge in [0.1, 0.15) is 0 Å². The zero-order valence-electron chi connectivity index (χ0n) is 15.4. The summed E-state index contributed by atoms with van der Waals surface area (Å²) in [6.07, 6.45) is 1.41. The van der Waals surface area contributed by atoms with Gasteiger partial charge in [-0.3, -0.25) is 9.78 Å². The number of nitrogens with one attached hydrogen (secondary N) is 1. The topological polar surface area (TPSA) is 151 Å². The molecule has 3 aromatic rings. The molecule has 0 saturated carbocycles. The van der Waals surface area contributed by atoms with Gasteiger partial charge in [0.05, 0.1) is 18.2 Å². The minimum absolute atomic E-state index is 0.0689. The Kier molecular flexibility index (Phi) is 5.50. The summed E-state index contributed by atoms with van der Waals surface area (Å²) < 4.78 is 12.8. The van der Waals surface area contributed by atoms with Gasteiger partial charge >= 0.3 is 11.4 Å². The number of aromatic nitrogens is 5. The van der Waals surface area contributed by atoms with Crippen LogP contribution in [-0.4, -0.2) is 37.8 Å². The van der Waals surface area contributed by atoms with Crippen LogP contribution in [0.3, 0.4) is 0 Å². The Bertz CT molecular complexity index is 1250. The van der Waals surface area contributed by atoms with Crippen molar-refractivity contribution >= 4 is 29.0 Å². The van der Waals surface area contributed by atoms with Crippen LogP contribution >= 0.6 is 23.2 Å². The van der Waals surface area contributed by atoms with Crippen LogP contribution in [0.15, 0.2) is 30.9 Å². The van der Waals surface area contributed by atoms with Crippen molar-refractivity contribution in [3.63, 3.8) is 0 Å². The summed E-state index contributed by atoms with van der Waals surface area (Å²) in [6.45, 7) is 1.11. The molecule has 158 valence electrons. The number of hydrogen-bond acceptors (Lipinski definition) is 8. The number of nitrogen functional groups attached to an aromatic ring is 1. The molecule has 0 aliphatic carbocycles. The number of nitrogens with two attached hydrogens (primary N) is 1. The molecule has 3 heterocycles. The first-order valence-corrected chi connectivity index (χ1v) is 9.73. The number of nitrogens with zero attached hydrogens (tertiary/aromatic N) is 4. The summed E-state index contributed by atoms with van der Waals surface area (Å²) in [6, 6.07) is 2.78. The van der Waals surface area contributed by atoms with Crippen molar-refractivity contribution in [2.24, 2.45) is 0 Å².